The van der Waals surface area contributed by atoms with Crippen LogP contribution in [-0.2, 0) is 17.6 Å². The van der Waals surface area contributed by atoms with Crippen LogP contribution in [0, 0.1) is 0 Å². The van der Waals surface area contributed by atoms with Crippen molar-refractivity contribution in [2.75, 3.05) is 5.32 Å². The summed E-state index contributed by atoms with van der Waals surface area (Å²) in [6, 6.07) is 17.8. The number of hydrogen-bond acceptors (Lipinski definition) is 4. The molecule has 1 aliphatic rings. The highest BCUT2D eigenvalue weighted by molar-refractivity contribution is 7.20. The lowest BCUT2D eigenvalue weighted by molar-refractivity contribution is -0.111. The van der Waals surface area contributed by atoms with Gasteiger partial charge in [-0.15, -0.1) is 0 Å². The third-order valence-corrected chi connectivity index (χ3v) is 5.85. The predicted molar refractivity (Wildman–Crippen MR) is 113 cm³/mol. The van der Waals surface area contributed by atoms with E-state index in [4.69, 9.17) is 10.1 Å². The molecule has 0 atom stereocenters. The number of aromatic nitrogens is 3. The maximum atomic E-state index is 12.6. The lowest BCUT2D eigenvalue weighted by Gasteiger charge is -2.07. The van der Waals surface area contributed by atoms with Crippen LogP contribution in [0.5, 0.6) is 0 Å². The number of hydrogen-bond donors (Lipinski definition) is 1. The minimum Gasteiger partial charge on any atom is -0.307 e. The van der Waals surface area contributed by atoms with Crippen LogP contribution in [-0.4, -0.2) is 20.7 Å². The number of rotatable bonds is 4. The zero-order valence-corrected chi connectivity index (χ0v) is 15.9. The molecule has 0 bridgehead atoms. The summed E-state index contributed by atoms with van der Waals surface area (Å²) < 4.78 is 2.90. The molecule has 0 saturated heterocycles. The summed E-state index contributed by atoms with van der Waals surface area (Å²) in [5.41, 5.74) is 4.12. The van der Waals surface area contributed by atoms with E-state index >= 15 is 0 Å². The molecule has 0 saturated carbocycles. The lowest BCUT2D eigenvalue weighted by Crippen LogP contribution is -2.13. The van der Waals surface area contributed by atoms with Gasteiger partial charge in [-0.05, 0) is 43.0 Å². The van der Waals surface area contributed by atoms with E-state index < -0.39 is 0 Å². The van der Waals surface area contributed by atoms with E-state index in [0.717, 1.165) is 57.2 Å². The van der Waals surface area contributed by atoms with Gasteiger partial charge in [0.2, 0.25) is 11.0 Å². The molecule has 0 aliphatic heterocycles. The fourth-order valence-electron chi connectivity index (χ4n) is 3.50. The highest BCUT2D eigenvalue weighted by atomic mass is 32.1. The van der Waals surface area contributed by atoms with Gasteiger partial charge < -0.3 is 5.32 Å². The molecule has 1 N–H and O–H groups in total. The second-order valence-corrected chi connectivity index (χ2v) is 7.75. The Labute approximate surface area is 166 Å². The largest absolute Gasteiger partial charge is 0.307 e. The number of aryl methyl sites for hydroxylation is 1. The van der Waals surface area contributed by atoms with E-state index in [0.29, 0.717) is 0 Å². The topological polar surface area (TPSA) is 59.8 Å². The van der Waals surface area contributed by atoms with Crippen molar-refractivity contribution >= 4 is 39.4 Å². The molecule has 0 spiro atoms. The van der Waals surface area contributed by atoms with Crippen LogP contribution in [0.4, 0.5) is 5.82 Å². The molecule has 0 unspecified atom stereocenters. The molecule has 1 aliphatic carbocycles. The van der Waals surface area contributed by atoms with Crippen LogP contribution in [0.2, 0.25) is 0 Å². The zero-order chi connectivity index (χ0) is 18.9. The molecule has 2 aromatic carbocycles. The van der Waals surface area contributed by atoms with Crippen LogP contribution in [0.1, 0.15) is 23.2 Å². The van der Waals surface area contributed by atoms with Crippen LogP contribution in [0.25, 0.3) is 21.4 Å². The third-order valence-electron chi connectivity index (χ3n) is 4.84. The number of amides is 1. The fraction of sp³-hybridized carbons (Fsp3) is 0.136. The van der Waals surface area contributed by atoms with Gasteiger partial charge in [-0.2, -0.15) is 9.78 Å². The fourth-order valence-corrected chi connectivity index (χ4v) is 4.43. The predicted octanol–water partition coefficient (Wildman–Crippen LogP) is 4.62. The summed E-state index contributed by atoms with van der Waals surface area (Å²) in [4.78, 5) is 17.3. The van der Waals surface area contributed by atoms with Crippen molar-refractivity contribution in [3.8, 4) is 5.13 Å². The molecule has 2 aromatic heterocycles. The minimum absolute atomic E-state index is 0.166. The van der Waals surface area contributed by atoms with Crippen molar-refractivity contribution in [3.05, 3.63) is 77.5 Å². The lowest BCUT2D eigenvalue weighted by atomic mass is 10.2. The van der Waals surface area contributed by atoms with Crippen LogP contribution in [0.15, 0.2) is 60.7 Å². The second-order valence-electron chi connectivity index (χ2n) is 6.74. The number of nitrogens with zero attached hydrogens (tertiary/aromatic N) is 3. The SMILES string of the molecule is O=C(/C=C/c1ccccc1)Nc1c2c(nn1-c1nc3ccccc3s1)CCC2. The molecule has 138 valence electrons. The average molecular weight is 386 g/mol. The van der Waals surface area contributed by atoms with Gasteiger partial charge >= 0.3 is 0 Å². The third kappa shape index (κ3) is 3.12. The number of benzene rings is 2. The van der Waals surface area contributed by atoms with Gasteiger partial charge in [0, 0.05) is 11.6 Å². The second kappa shape index (κ2) is 7.05. The number of nitrogens with one attached hydrogen (secondary N) is 1. The Morgan fingerprint density at radius 2 is 1.89 bits per heavy atom. The summed E-state index contributed by atoms with van der Waals surface area (Å²) >= 11 is 1.58. The summed E-state index contributed by atoms with van der Waals surface area (Å²) in [6.07, 6.45) is 6.32. The Balaban J connectivity index is 1.48. The summed E-state index contributed by atoms with van der Waals surface area (Å²) in [6.45, 7) is 0. The van der Waals surface area contributed by atoms with Crippen molar-refractivity contribution < 1.29 is 4.79 Å². The average Bonchev–Trinajstić information content (AvgIpc) is 3.42. The van der Waals surface area contributed by atoms with E-state index in [2.05, 4.69) is 11.4 Å². The van der Waals surface area contributed by atoms with Crippen molar-refractivity contribution in [1.82, 2.24) is 14.8 Å². The molecule has 5 rings (SSSR count). The highest BCUT2D eigenvalue weighted by Crippen LogP contribution is 2.33. The Morgan fingerprint density at radius 3 is 2.75 bits per heavy atom. The number of fused-ring (bicyclic) bond motifs is 2. The van der Waals surface area contributed by atoms with Crippen LogP contribution in [0.3, 0.4) is 0 Å². The minimum atomic E-state index is -0.166. The molecule has 28 heavy (non-hydrogen) atoms. The number of carbonyl (C=O) groups excluding carboxylic acids is 1. The number of carbonyl (C=O) groups is 1. The number of anilines is 1. The first-order valence-corrected chi connectivity index (χ1v) is 10.1. The molecule has 0 fully saturated rings. The monoisotopic (exact) mass is 386 g/mol. The molecular formula is C22H18N4OS. The van der Waals surface area contributed by atoms with Gasteiger partial charge in [0.25, 0.3) is 0 Å². The molecule has 0 radical (unpaired) electrons. The Hall–Kier alpha value is -3.25. The smallest absolute Gasteiger partial charge is 0.249 e. The Morgan fingerprint density at radius 1 is 1.07 bits per heavy atom. The van der Waals surface area contributed by atoms with E-state index in [1.807, 2.05) is 54.6 Å². The standard InChI is InChI=1S/C22H18N4OS/c27-20(14-13-15-7-2-1-3-8-15)24-21-16-9-6-11-17(16)25-26(21)22-23-18-10-4-5-12-19(18)28-22/h1-5,7-8,10,12-14H,6,9,11H2,(H,24,27)/b14-13+. The molecule has 5 nitrogen and oxygen atoms in total. The summed E-state index contributed by atoms with van der Waals surface area (Å²) in [7, 11) is 0. The van der Waals surface area contributed by atoms with Crippen LogP contribution >= 0.6 is 11.3 Å². The van der Waals surface area contributed by atoms with E-state index in [1.54, 1.807) is 22.1 Å². The van der Waals surface area contributed by atoms with E-state index in [-0.39, 0.29) is 5.91 Å². The van der Waals surface area contributed by atoms with Crippen molar-refractivity contribution in [2.45, 2.75) is 19.3 Å². The highest BCUT2D eigenvalue weighted by Gasteiger charge is 2.25. The van der Waals surface area contributed by atoms with Crippen molar-refractivity contribution in [3.63, 3.8) is 0 Å². The molecule has 6 heteroatoms. The van der Waals surface area contributed by atoms with Gasteiger partial charge in [-0.3, -0.25) is 4.79 Å². The normalized spacial score (nSPS) is 13.3. The van der Waals surface area contributed by atoms with Gasteiger partial charge in [0.1, 0.15) is 5.82 Å². The maximum absolute atomic E-state index is 12.6. The van der Waals surface area contributed by atoms with Crippen molar-refractivity contribution in [2.24, 2.45) is 0 Å². The quantitative estimate of drug-likeness (QED) is 0.521. The molecule has 4 aromatic rings. The van der Waals surface area contributed by atoms with Gasteiger partial charge in [-0.25, -0.2) is 4.98 Å². The Bertz CT molecular complexity index is 1160. The van der Waals surface area contributed by atoms with Crippen LogP contribution < -0.4 is 5.32 Å². The zero-order valence-electron chi connectivity index (χ0n) is 15.1. The van der Waals surface area contributed by atoms with E-state index in [1.165, 1.54) is 0 Å². The molecule has 1 amide bonds. The molecular weight excluding hydrogens is 368 g/mol. The number of para-hydroxylation sites is 1. The number of thiazole rings is 1. The Kier molecular flexibility index (Phi) is 4.25. The van der Waals surface area contributed by atoms with Gasteiger partial charge in [0.05, 0.1) is 15.9 Å². The maximum Gasteiger partial charge on any atom is 0.249 e. The van der Waals surface area contributed by atoms with Gasteiger partial charge in [-0.1, -0.05) is 53.8 Å². The first-order valence-electron chi connectivity index (χ1n) is 9.29. The molecule has 2 heterocycles. The van der Waals surface area contributed by atoms with Crippen molar-refractivity contribution in [1.29, 1.82) is 0 Å². The first-order chi connectivity index (χ1) is 13.8. The first kappa shape index (κ1) is 16.9. The summed E-state index contributed by atoms with van der Waals surface area (Å²) in [5, 5.41) is 8.57. The van der Waals surface area contributed by atoms with Gasteiger partial charge in [0.15, 0.2) is 0 Å². The summed E-state index contributed by atoms with van der Waals surface area (Å²) in [5.74, 6) is 0.579. The van der Waals surface area contributed by atoms with E-state index in [9.17, 15) is 4.79 Å².